The van der Waals surface area contributed by atoms with E-state index in [1.165, 1.54) is 12.8 Å². The smallest absolute Gasteiger partial charge is 0.417 e. The molecule has 0 bridgehead atoms. The number of likely N-dealkylation sites (tertiary alicyclic amines) is 1. The number of rotatable bonds is 5. The van der Waals surface area contributed by atoms with Crippen LogP contribution in [0, 0.1) is 28.4 Å². The highest BCUT2D eigenvalue weighted by atomic mass is 32.1. The third-order valence-corrected chi connectivity index (χ3v) is 10.7. The molecule has 14 heteroatoms. The molecule has 3 atom stereocenters. The van der Waals surface area contributed by atoms with Crippen LogP contribution in [0.4, 0.5) is 32.8 Å². The second-order valence-corrected chi connectivity index (χ2v) is 14.0. The lowest BCUT2D eigenvalue weighted by molar-refractivity contribution is -0.137. The van der Waals surface area contributed by atoms with Gasteiger partial charge < -0.3 is 20.7 Å². The average molecular weight is 658 g/mol. The SMILES string of the molecule is C[C@@H]1CN(c2nc(OC[C@@H]3CC4(CC4)CN3C)nc3c(F)c(-c4ccc(F)c5sc(N)c(C#N)c45)c(C(F)(F)F)cc23)[C@@H](C)CN1. The van der Waals surface area contributed by atoms with Crippen molar-refractivity contribution in [1.82, 2.24) is 20.2 Å². The zero-order valence-corrected chi connectivity index (χ0v) is 26.3. The molecule has 7 rings (SSSR count). The summed E-state index contributed by atoms with van der Waals surface area (Å²) in [7, 11) is 2.03. The number of fused-ring (bicyclic) bond motifs is 2. The summed E-state index contributed by atoms with van der Waals surface area (Å²) >= 11 is 0.723. The summed E-state index contributed by atoms with van der Waals surface area (Å²) < 4.78 is 82.4. The summed E-state index contributed by atoms with van der Waals surface area (Å²) in [4.78, 5) is 13.1. The first-order valence-electron chi connectivity index (χ1n) is 15.2. The number of hydrogen-bond donors (Lipinski definition) is 2. The summed E-state index contributed by atoms with van der Waals surface area (Å²) in [6, 6.07) is 4.46. The number of nitrogens with zero attached hydrogens (tertiary/aromatic N) is 5. The first-order chi connectivity index (χ1) is 21.8. The minimum atomic E-state index is -5.03. The van der Waals surface area contributed by atoms with Gasteiger partial charge in [-0.3, -0.25) is 4.90 Å². The predicted molar refractivity (Wildman–Crippen MR) is 167 cm³/mol. The number of nitrogens with one attached hydrogen (secondary N) is 1. The fraction of sp³-hybridized carbons (Fsp3) is 0.469. The largest absolute Gasteiger partial charge is 0.462 e. The van der Waals surface area contributed by atoms with Crippen LogP contribution in [-0.2, 0) is 6.18 Å². The Hall–Kier alpha value is -3.80. The molecular formula is C32H32F5N7OS. The summed E-state index contributed by atoms with van der Waals surface area (Å²) in [6.07, 6.45) is -1.74. The highest BCUT2D eigenvalue weighted by molar-refractivity contribution is 7.23. The molecule has 2 aromatic carbocycles. The Bertz CT molecular complexity index is 1920. The normalized spacial score (nSPS) is 23.0. The fourth-order valence-electron chi connectivity index (χ4n) is 7.06. The number of alkyl halides is 3. The molecule has 2 aromatic heterocycles. The molecule has 0 radical (unpaired) electrons. The molecule has 1 spiro atoms. The van der Waals surface area contributed by atoms with E-state index in [9.17, 15) is 22.8 Å². The maximum atomic E-state index is 16.9. The first-order valence-corrected chi connectivity index (χ1v) is 16.0. The summed E-state index contributed by atoms with van der Waals surface area (Å²) in [6.45, 7) is 6.00. The van der Waals surface area contributed by atoms with Crippen molar-refractivity contribution in [3.63, 3.8) is 0 Å². The van der Waals surface area contributed by atoms with Crippen LogP contribution in [0.5, 0.6) is 6.01 Å². The predicted octanol–water partition coefficient (Wildman–Crippen LogP) is 6.31. The number of piperazine rings is 1. The van der Waals surface area contributed by atoms with Crippen LogP contribution in [0.1, 0.15) is 44.2 Å². The molecule has 3 N–H and O–H groups in total. The standard InChI is InChI=1S/C32H32F5N7OS/c1-15-12-44(16(2)11-40-15)29-19-8-21(32(35,36)37)24(18-4-5-22(33)27-23(18)20(10-38)28(39)46-27)25(34)26(19)41-30(42-29)45-13-17-9-31(6-7-31)14-43(17)3/h4-5,8,15-17,40H,6-7,9,11-14,39H2,1-3H3/t15-,16+,17+/m1/s1. The van der Waals surface area contributed by atoms with Crippen molar-refractivity contribution in [3.05, 3.63) is 41.0 Å². The van der Waals surface area contributed by atoms with Crippen molar-refractivity contribution in [2.45, 2.75) is 57.4 Å². The third-order valence-electron chi connectivity index (χ3n) is 9.67. The number of nitrogen functional groups attached to an aromatic ring is 1. The quantitative estimate of drug-likeness (QED) is 0.241. The van der Waals surface area contributed by atoms with Gasteiger partial charge in [0.1, 0.15) is 34.8 Å². The van der Waals surface area contributed by atoms with Gasteiger partial charge in [-0.25, -0.2) is 8.78 Å². The lowest BCUT2D eigenvalue weighted by Crippen LogP contribution is -2.54. The van der Waals surface area contributed by atoms with Crippen molar-refractivity contribution in [1.29, 1.82) is 5.26 Å². The minimum absolute atomic E-state index is 0.0142. The molecule has 3 aliphatic rings. The molecule has 4 heterocycles. The van der Waals surface area contributed by atoms with E-state index in [0.29, 0.717) is 18.5 Å². The van der Waals surface area contributed by atoms with E-state index >= 15 is 4.39 Å². The van der Waals surface area contributed by atoms with E-state index in [1.807, 2.05) is 31.9 Å². The monoisotopic (exact) mass is 657 g/mol. The van der Waals surface area contributed by atoms with Crippen LogP contribution in [-0.4, -0.2) is 66.3 Å². The van der Waals surface area contributed by atoms with Gasteiger partial charge in [0.25, 0.3) is 0 Å². The maximum absolute atomic E-state index is 16.9. The number of hydrogen-bond acceptors (Lipinski definition) is 9. The first kappa shape index (κ1) is 30.8. The Morgan fingerprint density at radius 3 is 2.65 bits per heavy atom. The summed E-state index contributed by atoms with van der Waals surface area (Å²) in [5.74, 6) is -1.92. The zero-order chi connectivity index (χ0) is 32.7. The van der Waals surface area contributed by atoms with Crippen molar-refractivity contribution in [2.24, 2.45) is 5.41 Å². The Labute approximate surface area is 265 Å². The summed E-state index contributed by atoms with van der Waals surface area (Å²) in [5, 5.41) is 12.8. The number of aromatic nitrogens is 2. The van der Waals surface area contributed by atoms with E-state index < -0.39 is 28.9 Å². The summed E-state index contributed by atoms with van der Waals surface area (Å²) in [5.41, 5.74) is 3.25. The molecule has 46 heavy (non-hydrogen) atoms. The van der Waals surface area contributed by atoms with Crippen LogP contribution in [0.2, 0.25) is 0 Å². The van der Waals surface area contributed by atoms with Gasteiger partial charge in [0.05, 0.1) is 15.8 Å². The van der Waals surface area contributed by atoms with Gasteiger partial charge in [-0.2, -0.15) is 28.4 Å². The molecule has 2 saturated heterocycles. The molecule has 4 aromatic rings. The van der Waals surface area contributed by atoms with Gasteiger partial charge in [-0.15, -0.1) is 11.3 Å². The van der Waals surface area contributed by atoms with E-state index in [-0.39, 0.29) is 73.7 Å². The maximum Gasteiger partial charge on any atom is 0.417 e. The van der Waals surface area contributed by atoms with Crippen LogP contribution in [0.3, 0.4) is 0 Å². The van der Waals surface area contributed by atoms with Crippen molar-refractivity contribution >= 4 is 43.1 Å². The Morgan fingerprint density at radius 1 is 1.22 bits per heavy atom. The minimum Gasteiger partial charge on any atom is -0.462 e. The van der Waals surface area contributed by atoms with Crippen LogP contribution >= 0.6 is 11.3 Å². The van der Waals surface area contributed by atoms with Crippen LogP contribution < -0.4 is 20.7 Å². The molecule has 2 aliphatic heterocycles. The molecule has 0 unspecified atom stereocenters. The van der Waals surface area contributed by atoms with E-state index in [0.717, 1.165) is 42.5 Å². The van der Waals surface area contributed by atoms with Gasteiger partial charge in [-0.05, 0) is 63.3 Å². The molecule has 8 nitrogen and oxygen atoms in total. The average Bonchev–Trinajstić information content (AvgIpc) is 3.55. The second kappa shape index (κ2) is 10.9. The number of ether oxygens (including phenoxy) is 1. The number of halogens is 5. The van der Waals surface area contributed by atoms with Gasteiger partial charge in [0, 0.05) is 54.1 Å². The Balaban J connectivity index is 1.45. The molecule has 1 saturated carbocycles. The highest BCUT2D eigenvalue weighted by Gasteiger charge is 2.51. The molecule has 3 fully saturated rings. The van der Waals surface area contributed by atoms with Gasteiger partial charge in [0.2, 0.25) is 0 Å². The third kappa shape index (κ3) is 5.09. The molecular weight excluding hydrogens is 625 g/mol. The number of nitrogens with two attached hydrogens (primary N) is 1. The fourth-order valence-corrected chi connectivity index (χ4v) is 8.01. The molecule has 242 valence electrons. The van der Waals surface area contributed by atoms with Crippen molar-refractivity contribution in [2.75, 3.05) is 43.9 Å². The van der Waals surface area contributed by atoms with Crippen LogP contribution in [0.15, 0.2) is 18.2 Å². The Kier molecular flexibility index (Phi) is 7.30. The highest BCUT2D eigenvalue weighted by Crippen LogP contribution is 2.54. The second-order valence-electron chi connectivity index (χ2n) is 13.0. The van der Waals surface area contributed by atoms with E-state index in [1.54, 1.807) is 0 Å². The Morgan fingerprint density at radius 2 is 1.98 bits per heavy atom. The van der Waals surface area contributed by atoms with Gasteiger partial charge in [0.15, 0.2) is 5.82 Å². The number of benzene rings is 2. The zero-order valence-electron chi connectivity index (χ0n) is 25.4. The topological polar surface area (TPSA) is 103 Å². The van der Waals surface area contributed by atoms with Crippen molar-refractivity contribution in [3.8, 4) is 23.2 Å². The number of nitriles is 1. The number of anilines is 2. The van der Waals surface area contributed by atoms with Crippen LogP contribution in [0.25, 0.3) is 32.1 Å². The van der Waals surface area contributed by atoms with E-state index in [4.69, 9.17) is 10.5 Å². The van der Waals surface area contributed by atoms with Gasteiger partial charge in [-0.1, -0.05) is 6.07 Å². The molecule has 0 amide bonds. The molecule has 1 aliphatic carbocycles. The van der Waals surface area contributed by atoms with Gasteiger partial charge >= 0.3 is 12.2 Å². The number of likely N-dealkylation sites (N-methyl/N-ethyl adjacent to an activating group) is 1. The van der Waals surface area contributed by atoms with Crippen molar-refractivity contribution < 1.29 is 26.7 Å². The van der Waals surface area contributed by atoms with E-state index in [2.05, 4.69) is 20.2 Å². The lowest BCUT2D eigenvalue weighted by atomic mass is 9.92. The number of thiophene rings is 1. The lowest BCUT2D eigenvalue weighted by Gasteiger charge is -2.39.